The third-order valence-corrected chi connectivity index (χ3v) is 4.77. The van der Waals surface area contributed by atoms with Crippen LogP contribution in [0.5, 0.6) is 0 Å². The van der Waals surface area contributed by atoms with Gasteiger partial charge in [-0.2, -0.15) is 0 Å². The molecule has 136 valence electrons. The van der Waals surface area contributed by atoms with Gasteiger partial charge >= 0.3 is 0 Å². The van der Waals surface area contributed by atoms with E-state index in [0.717, 1.165) is 24.0 Å². The molecule has 1 atom stereocenters. The topological polar surface area (TPSA) is 75.4 Å². The highest BCUT2D eigenvalue weighted by Gasteiger charge is 2.29. The van der Waals surface area contributed by atoms with Gasteiger partial charge in [0, 0.05) is 18.7 Å². The van der Waals surface area contributed by atoms with E-state index < -0.39 is 0 Å². The molecule has 1 aliphatic heterocycles. The molecule has 1 unspecified atom stereocenters. The van der Waals surface area contributed by atoms with E-state index in [0.29, 0.717) is 30.0 Å². The lowest BCUT2D eigenvalue weighted by Gasteiger charge is -2.32. The van der Waals surface area contributed by atoms with E-state index in [1.54, 1.807) is 17.0 Å². The highest BCUT2D eigenvalue weighted by molar-refractivity contribution is 5.97. The van der Waals surface area contributed by atoms with E-state index in [9.17, 15) is 9.59 Å². The second kappa shape index (κ2) is 7.60. The minimum Gasteiger partial charge on any atom is -0.397 e. The van der Waals surface area contributed by atoms with Crippen LogP contribution < -0.4 is 11.1 Å². The second-order valence-electron chi connectivity index (χ2n) is 7.04. The zero-order chi connectivity index (χ0) is 18.7. The van der Waals surface area contributed by atoms with Crippen molar-refractivity contribution in [2.45, 2.75) is 26.7 Å². The number of likely N-dealkylation sites (tertiary alicyclic amines) is 1. The summed E-state index contributed by atoms with van der Waals surface area (Å²) in [4.78, 5) is 27.3. The minimum atomic E-state index is -0.224. The molecule has 1 aliphatic rings. The van der Waals surface area contributed by atoms with Crippen molar-refractivity contribution in [3.8, 4) is 0 Å². The van der Waals surface area contributed by atoms with Crippen LogP contribution in [-0.4, -0.2) is 29.8 Å². The normalized spacial score (nSPS) is 17.0. The molecule has 0 aromatic heterocycles. The van der Waals surface area contributed by atoms with Gasteiger partial charge < -0.3 is 16.0 Å². The molecule has 26 heavy (non-hydrogen) atoms. The van der Waals surface area contributed by atoms with E-state index in [1.165, 1.54) is 0 Å². The Kier molecular flexibility index (Phi) is 5.26. The molecule has 3 N–H and O–H groups in total. The first-order valence-electron chi connectivity index (χ1n) is 8.97. The summed E-state index contributed by atoms with van der Waals surface area (Å²) in [5.74, 6) is -0.312. The number of piperidine rings is 1. The first kappa shape index (κ1) is 18.0. The van der Waals surface area contributed by atoms with Crippen LogP contribution in [0.3, 0.4) is 0 Å². The number of nitrogens with one attached hydrogen (secondary N) is 1. The van der Waals surface area contributed by atoms with Crippen LogP contribution >= 0.6 is 0 Å². The number of anilines is 2. The zero-order valence-electron chi connectivity index (χ0n) is 15.3. The Balaban J connectivity index is 1.69. The van der Waals surface area contributed by atoms with E-state index >= 15 is 0 Å². The Morgan fingerprint density at radius 1 is 1.12 bits per heavy atom. The molecule has 0 aliphatic carbocycles. The second-order valence-corrected chi connectivity index (χ2v) is 7.04. The van der Waals surface area contributed by atoms with Gasteiger partial charge in [-0.1, -0.05) is 29.3 Å². The molecule has 0 saturated carbocycles. The summed E-state index contributed by atoms with van der Waals surface area (Å²) in [6.45, 7) is 5.09. The standard InChI is InChI=1S/C21H25N3O2/c1-14-10-15(2)12-17(11-14)21(26)24-9-5-6-16(13-24)20(25)23-19-8-4-3-7-18(19)22/h3-4,7-8,10-12,16H,5-6,9,13,22H2,1-2H3,(H,23,25). The molecule has 0 spiro atoms. The maximum absolute atomic E-state index is 12.9. The lowest BCUT2D eigenvalue weighted by Crippen LogP contribution is -2.43. The smallest absolute Gasteiger partial charge is 0.253 e. The van der Waals surface area contributed by atoms with Gasteiger partial charge in [0.1, 0.15) is 0 Å². The Labute approximate surface area is 154 Å². The van der Waals surface area contributed by atoms with Gasteiger partial charge in [0.05, 0.1) is 17.3 Å². The van der Waals surface area contributed by atoms with Crippen molar-refractivity contribution in [3.63, 3.8) is 0 Å². The Morgan fingerprint density at radius 2 is 1.81 bits per heavy atom. The summed E-state index contributed by atoms with van der Waals surface area (Å²) >= 11 is 0. The van der Waals surface area contributed by atoms with E-state index in [2.05, 4.69) is 5.32 Å². The van der Waals surface area contributed by atoms with Gasteiger partial charge in [0.2, 0.25) is 5.91 Å². The number of nitrogens with two attached hydrogens (primary N) is 1. The number of aryl methyl sites for hydroxylation is 2. The average molecular weight is 351 g/mol. The molecule has 1 fully saturated rings. The molecule has 5 nitrogen and oxygen atoms in total. The van der Waals surface area contributed by atoms with Crippen LogP contribution in [0.4, 0.5) is 11.4 Å². The summed E-state index contributed by atoms with van der Waals surface area (Å²) in [6, 6.07) is 13.1. The van der Waals surface area contributed by atoms with E-state index in [1.807, 2.05) is 44.2 Å². The van der Waals surface area contributed by atoms with Gasteiger partial charge in [-0.3, -0.25) is 9.59 Å². The van der Waals surface area contributed by atoms with Gasteiger partial charge in [0.25, 0.3) is 5.91 Å². The molecule has 1 saturated heterocycles. The van der Waals surface area contributed by atoms with Crippen LogP contribution in [0, 0.1) is 19.8 Å². The number of hydrogen-bond donors (Lipinski definition) is 2. The number of nitrogen functional groups attached to an aromatic ring is 1. The number of para-hydroxylation sites is 2. The first-order chi connectivity index (χ1) is 12.4. The van der Waals surface area contributed by atoms with Gasteiger partial charge in [-0.25, -0.2) is 0 Å². The fraction of sp³-hybridized carbons (Fsp3) is 0.333. The molecule has 0 radical (unpaired) electrons. The van der Waals surface area contributed by atoms with Crippen LogP contribution in [0.2, 0.25) is 0 Å². The van der Waals surface area contributed by atoms with Gasteiger partial charge in [-0.05, 0) is 51.0 Å². The SMILES string of the molecule is Cc1cc(C)cc(C(=O)N2CCCC(C(=O)Nc3ccccc3N)C2)c1. The van der Waals surface area contributed by atoms with Crippen molar-refractivity contribution >= 4 is 23.2 Å². The number of carbonyl (C=O) groups is 2. The molecule has 0 bridgehead atoms. The molecule has 2 aromatic carbocycles. The Morgan fingerprint density at radius 3 is 2.50 bits per heavy atom. The van der Waals surface area contributed by atoms with E-state index in [4.69, 9.17) is 5.73 Å². The summed E-state index contributed by atoms with van der Waals surface area (Å²) in [6.07, 6.45) is 1.59. The van der Waals surface area contributed by atoms with Gasteiger partial charge in [0.15, 0.2) is 0 Å². The van der Waals surface area contributed by atoms with Crippen molar-refractivity contribution in [1.82, 2.24) is 4.90 Å². The number of rotatable bonds is 3. The summed E-state index contributed by atoms with van der Waals surface area (Å²) in [5, 5.41) is 2.90. The maximum Gasteiger partial charge on any atom is 0.253 e. The van der Waals surface area contributed by atoms with Crippen molar-refractivity contribution in [3.05, 3.63) is 59.2 Å². The highest BCUT2D eigenvalue weighted by Crippen LogP contribution is 2.23. The van der Waals surface area contributed by atoms with E-state index in [-0.39, 0.29) is 17.7 Å². The number of amides is 2. The summed E-state index contributed by atoms with van der Waals surface area (Å²) in [5.41, 5.74) is 9.89. The van der Waals surface area contributed by atoms with Crippen LogP contribution in [0.1, 0.15) is 34.3 Å². The predicted octanol–water partition coefficient (Wildman–Crippen LogP) is 3.38. The van der Waals surface area contributed by atoms with Crippen molar-refractivity contribution in [2.24, 2.45) is 5.92 Å². The third kappa shape index (κ3) is 4.04. The quantitative estimate of drug-likeness (QED) is 0.833. The fourth-order valence-electron chi connectivity index (χ4n) is 3.50. The lowest BCUT2D eigenvalue weighted by atomic mass is 9.96. The molecular weight excluding hydrogens is 326 g/mol. The molecule has 2 aromatic rings. The van der Waals surface area contributed by atoms with Crippen molar-refractivity contribution < 1.29 is 9.59 Å². The molecular formula is C21H25N3O2. The first-order valence-corrected chi connectivity index (χ1v) is 8.97. The number of hydrogen-bond acceptors (Lipinski definition) is 3. The largest absolute Gasteiger partial charge is 0.397 e. The fourth-order valence-corrected chi connectivity index (χ4v) is 3.50. The monoisotopic (exact) mass is 351 g/mol. The molecule has 2 amide bonds. The molecule has 5 heteroatoms. The minimum absolute atomic E-state index is 0.00600. The van der Waals surface area contributed by atoms with Crippen LogP contribution in [0.15, 0.2) is 42.5 Å². The third-order valence-electron chi connectivity index (χ3n) is 4.77. The summed E-state index contributed by atoms with van der Waals surface area (Å²) < 4.78 is 0. The number of benzene rings is 2. The van der Waals surface area contributed by atoms with Crippen molar-refractivity contribution in [2.75, 3.05) is 24.1 Å². The Hall–Kier alpha value is -2.82. The maximum atomic E-state index is 12.9. The lowest BCUT2D eigenvalue weighted by molar-refractivity contribution is -0.121. The average Bonchev–Trinajstić information content (AvgIpc) is 2.62. The molecule has 3 rings (SSSR count). The van der Waals surface area contributed by atoms with Gasteiger partial charge in [-0.15, -0.1) is 0 Å². The highest BCUT2D eigenvalue weighted by atomic mass is 16.2. The predicted molar refractivity (Wildman–Crippen MR) is 104 cm³/mol. The summed E-state index contributed by atoms with van der Waals surface area (Å²) in [7, 11) is 0. The molecule has 1 heterocycles. The zero-order valence-corrected chi connectivity index (χ0v) is 15.3. The Bertz CT molecular complexity index is 812. The van der Waals surface area contributed by atoms with Crippen LogP contribution in [-0.2, 0) is 4.79 Å². The number of carbonyl (C=O) groups excluding carboxylic acids is 2. The van der Waals surface area contributed by atoms with Crippen LogP contribution in [0.25, 0.3) is 0 Å². The number of nitrogens with zero attached hydrogens (tertiary/aromatic N) is 1. The van der Waals surface area contributed by atoms with Crippen molar-refractivity contribution in [1.29, 1.82) is 0 Å².